The number of anilines is 1. The summed E-state index contributed by atoms with van der Waals surface area (Å²) in [7, 11) is 4.13. The van der Waals surface area contributed by atoms with Gasteiger partial charge in [0.15, 0.2) is 5.11 Å². The predicted octanol–water partition coefficient (Wildman–Crippen LogP) is 3.10. The molecule has 0 amide bonds. The summed E-state index contributed by atoms with van der Waals surface area (Å²) in [5, 5.41) is 7.53. The third kappa shape index (κ3) is 2.52. The fraction of sp³-hybridized carbons (Fsp3) is 0.438. The van der Waals surface area contributed by atoms with Crippen LogP contribution in [0.3, 0.4) is 0 Å². The number of rotatable bonds is 2. The minimum absolute atomic E-state index is 0.246. The van der Waals surface area contributed by atoms with Gasteiger partial charge in [-0.3, -0.25) is 0 Å². The van der Waals surface area contributed by atoms with Crippen LogP contribution in [-0.2, 0) is 0 Å². The first-order valence-electron chi connectivity index (χ1n) is 7.22. The Morgan fingerprint density at radius 3 is 2.50 bits per heavy atom. The van der Waals surface area contributed by atoms with E-state index in [-0.39, 0.29) is 6.04 Å². The maximum absolute atomic E-state index is 5.35. The van der Waals surface area contributed by atoms with Gasteiger partial charge in [-0.1, -0.05) is 12.1 Å². The topological polar surface area (TPSA) is 27.3 Å². The van der Waals surface area contributed by atoms with Gasteiger partial charge >= 0.3 is 0 Å². The monoisotopic (exact) mass is 287 g/mol. The number of hydrogen-bond donors (Lipinski definition) is 2. The van der Waals surface area contributed by atoms with E-state index in [1.807, 2.05) is 0 Å². The molecule has 1 aromatic rings. The van der Waals surface area contributed by atoms with Crippen LogP contribution < -0.4 is 15.5 Å². The van der Waals surface area contributed by atoms with Crippen LogP contribution in [-0.4, -0.2) is 19.2 Å². The molecule has 106 valence electrons. The molecule has 1 aliphatic heterocycles. The molecule has 1 aromatic carbocycles. The Morgan fingerprint density at radius 2 is 1.80 bits per heavy atom. The lowest BCUT2D eigenvalue weighted by Crippen LogP contribution is -2.44. The van der Waals surface area contributed by atoms with E-state index in [0.29, 0.717) is 0 Å². The third-order valence-electron chi connectivity index (χ3n) is 4.14. The van der Waals surface area contributed by atoms with Crippen molar-refractivity contribution in [3.05, 3.63) is 41.1 Å². The van der Waals surface area contributed by atoms with E-state index in [1.54, 1.807) is 0 Å². The molecule has 1 unspecified atom stereocenters. The Kier molecular flexibility index (Phi) is 3.66. The van der Waals surface area contributed by atoms with E-state index >= 15 is 0 Å². The summed E-state index contributed by atoms with van der Waals surface area (Å²) < 4.78 is 0. The van der Waals surface area contributed by atoms with E-state index in [1.165, 1.54) is 35.4 Å². The molecule has 2 aliphatic rings. The predicted molar refractivity (Wildman–Crippen MR) is 87.9 cm³/mol. The number of allylic oxidation sites excluding steroid dienone is 1. The zero-order chi connectivity index (χ0) is 14.1. The van der Waals surface area contributed by atoms with Gasteiger partial charge in [0.1, 0.15) is 0 Å². The Bertz CT molecular complexity index is 545. The Hall–Kier alpha value is -1.55. The van der Waals surface area contributed by atoms with Crippen LogP contribution >= 0.6 is 12.2 Å². The first-order valence-corrected chi connectivity index (χ1v) is 7.62. The number of thiocarbonyl (C=S) groups is 1. The average molecular weight is 287 g/mol. The molecule has 0 aromatic heterocycles. The van der Waals surface area contributed by atoms with Gasteiger partial charge in [-0.15, -0.1) is 0 Å². The van der Waals surface area contributed by atoms with Crippen LogP contribution in [0, 0.1) is 0 Å². The van der Waals surface area contributed by atoms with Crippen molar-refractivity contribution in [2.75, 3.05) is 19.0 Å². The molecule has 3 nitrogen and oxygen atoms in total. The number of hydrogen-bond acceptors (Lipinski definition) is 2. The Balaban J connectivity index is 1.93. The minimum atomic E-state index is 0.246. The highest BCUT2D eigenvalue weighted by Crippen LogP contribution is 2.35. The second-order valence-corrected chi connectivity index (χ2v) is 6.14. The van der Waals surface area contributed by atoms with E-state index < -0.39 is 0 Å². The van der Waals surface area contributed by atoms with Gasteiger partial charge in [0, 0.05) is 25.5 Å². The van der Waals surface area contributed by atoms with Crippen LogP contribution in [0.2, 0.25) is 0 Å². The van der Waals surface area contributed by atoms with Crippen LogP contribution in [0.4, 0.5) is 5.69 Å². The van der Waals surface area contributed by atoms with E-state index in [2.05, 4.69) is 53.9 Å². The van der Waals surface area contributed by atoms with Gasteiger partial charge in [0.25, 0.3) is 0 Å². The van der Waals surface area contributed by atoms with Crippen molar-refractivity contribution >= 4 is 23.0 Å². The first-order chi connectivity index (χ1) is 9.65. The normalized spacial score (nSPS) is 21.9. The Morgan fingerprint density at radius 1 is 1.10 bits per heavy atom. The lowest BCUT2D eigenvalue weighted by Gasteiger charge is -2.35. The van der Waals surface area contributed by atoms with Crippen molar-refractivity contribution in [1.29, 1.82) is 0 Å². The molecule has 0 bridgehead atoms. The van der Waals surface area contributed by atoms with Crippen LogP contribution in [0.25, 0.3) is 0 Å². The molecular weight excluding hydrogens is 266 g/mol. The minimum Gasteiger partial charge on any atom is -0.378 e. The fourth-order valence-corrected chi connectivity index (χ4v) is 3.27. The summed E-state index contributed by atoms with van der Waals surface area (Å²) in [4.78, 5) is 2.12. The summed E-state index contributed by atoms with van der Waals surface area (Å²) in [6, 6.07) is 9.01. The van der Waals surface area contributed by atoms with E-state index in [0.717, 1.165) is 18.0 Å². The lowest BCUT2D eigenvalue weighted by molar-refractivity contribution is 0.561. The van der Waals surface area contributed by atoms with Crippen molar-refractivity contribution < 1.29 is 0 Å². The standard InChI is InChI=1S/C16H21N3S/c1-19(2)12-9-7-11(8-10-12)15-13-5-3-4-6-14(13)17-16(20)18-15/h7-10,15H,3-6H2,1-2H3,(H2,17,18,20). The van der Waals surface area contributed by atoms with E-state index in [4.69, 9.17) is 12.2 Å². The van der Waals surface area contributed by atoms with Gasteiger partial charge in [-0.05, 0) is 61.2 Å². The second kappa shape index (κ2) is 5.44. The largest absolute Gasteiger partial charge is 0.378 e. The van der Waals surface area contributed by atoms with E-state index in [9.17, 15) is 0 Å². The second-order valence-electron chi connectivity index (χ2n) is 5.73. The third-order valence-corrected chi connectivity index (χ3v) is 4.36. The maximum atomic E-state index is 5.35. The molecular formula is C16H21N3S. The fourth-order valence-electron chi connectivity index (χ4n) is 3.03. The summed E-state index contributed by atoms with van der Waals surface area (Å²) in [6.45, 7) is 0. The molecule has 1 heterocycles. The maximum Gasteiger partial charge on any atom is 0.171 e. The van der Waals surface area contributed by atoms with Crippen molar-refractivity contribution in [2.24, 2.45) is 0 Å². The molecule has 1 atom stereocenters. The molecule has 2 N–H and O–H groups in total. The van der Waals surface area contributed by atoms with Crippen molar-refractivity contribution in [3.8, 4) is 0 Å². The lowest BCUT2D eigenvalue weighted by atomic mass is 9.86. The van der Waals surface area contributed by atoms with Gasteiger partial charge < -0.3 is 15.5 Å². The zero-order valence-corrected chi connectivity index (χ0v) is 12.9. The highest BCUT2D eigenvalue weighted by atomic mass is 32.1. The number of nitrogens with zero attached hydrogens (tertiary/aromatic N) is 1. The van der Waals surface area contributed by atoms with Gasteiger partial charge in [-0.25, -0.2) is 0 Å². The average Bonchev–Trinajstić information content (AvgIpc) is 2.46. The van der Waals surface area contributed by atoms with Crippen molar-refractivity contribution in [1.82, 2.24) is 10.6 Å². The van der Waals surface area contributed by atoms with Gasteiger partial charge in [-0.2, -0.15) is 0 Å². The quantitative estimate of drug-likeness (QED) is 0.817. The Labute approximate surface area is 126 Å². The van der Waals surface area contributed by atoms with Gasteiger partial charge in [0.2, 0.25) is 0 Å². The highest BCUT2D eigenvalue weighted by molar-refractivity contribution is 7.80. The van der Waals surface area contributed by atoms with Crippen molar-refractivity contribution in [3.63, 3.8) is 0 Å². The SMILES string of the molecule is CN(C)c1ccc(C2NC(=S)NC3=C2CCCC3)cc1. The summed E-state index contributed by atoms with van der Waals surface area (Å²) in [5.74, 6) is 0. The summed E-state index contributed by atoms with van der Waals surface area (Å²) >= 11 is 5.35. The number of benzene rings is 1. The smallest absolute Gasteiger partial charge is 0.171 e. The molecule has 1 aliphatic carbocycles. The van der Waals surface area contributed by atoms with Crippen LogP contribution in [0.5, 0.6) is 0 Å². The van der Waals surface area contributed by atoms with Crippen LogP contribution in [0.15, 0.2) is 35.5 Å². The zero-order valence-electron chi connectivity index (χ0n) is 12.1. The summed E-state index contributed by atoms with van der Waals surface area (Å²) in [6.07, 6.45) is 4.84. The molecule has 0 radical (unpaired) electrons. The molecule has 0 saturated carbocycles. The summed E-state index contributed by atoms with van der Waals surface area (Å²) in [5.41, 5.74) is 5.36. The van der Waals surface area contributed by atoms with Crippen LogP contribution in [0.1, 0.15) is 37.3 Å². The molecule has 0 saturated heterocycles. The molecule has 0 spiro atoms. The molecule has 4 heteroatoms. The van der Waals surface area contributed by atoms with Crippen molar-refractivity contribution in [2.45, 2.75) is 31.7 Å². The number of nitrogens with one attached hydrogen (secondary N) is 2. The van der Waals surface area contributed by atoms with Gasteiger partial charge in [0.05, 0.1) is 6.04 Å². The highest BCUT2D eigenvalue weighted by Gasteiger charge is 2.27. The first kappa shape index (κ1) is 13.4. The molecule has 20 heavy (non-hydrogen) atoms. The molecule has 3 rings (SSSR count). The molecule has 0 fully saturated rings.